The lowest BCUT2D eigenvalue weighted by molar-refractivity contribution is 0.310. The first-order valence-corrected chi connectivity index (χ1v) is 10.2. The van der Waals surface area contributed by atoms with Gasteiger partial charge in [0.05, 0.1) is 16.2 Å². The molecule has 0 saturated carbocycles. The minimum atomic E-state index is -3.82. The van der Waals surface area contributed by atoms with Crippen molar-refractivity contribution in [3.05, 3.63) is 29.0 Å². The van der Waals surface area contributed by atoms with E-state index >= 15 is 0 Å². The van der Waals surface area contributed by atoms with Gasteiger partial charge in [0.2, 0.25) is 20.0 Å². The summed E-state index contributed by atoms with van der Waals surface area (Å²) in [7, 11) is -7.08. The second kappa shape index (κ2) is 6.40. The van der Waals surface area contributed by atoms with Crippen LogP contribution in [0.15, 0.2) is 23.1 Å². The van der Waals surface area contributed by atoms with Crippen LogP contribution >= 0.6 is 11.6 Å². The summed E-state index contributed by atoms with van der Waals surface area (Å²) in [6, 6.07) is 2.80. The van der Waals surface area contributed by atoms with Crippen LogP contribution < -0.4 is 4.72 Å². The molecule has 6 nitrogen and oxygen atoms in total. The highest BCUT2D eigenvalue weighted by Crippen LogP contribution is 2.21. The van der Waals surface area contributed by atoms with Gasteiger partial charge in [-0.3, -0.25) is 0 Å². The van der Waals surface area contributed by atoms with Gasteiger partial charge in [-0.15, -0.1) is 0 Å². The van der Waals surface area contributed by atoms with Crippen molar-refractivity contribution in [1.29, 1.82) is 0 Å². The molecule has 0 aliphatic carbocycles. The molecule has 1 N–H and O–H groups in total. The molecule has 1 saturated heterocycles. The lowest BCUT2D eigenvalue weighted by Crippen LogP contribution is -2.46. The van der Waals surface area contributed by atoms with E-state index in [1.807, 2.05) is 0 Å². The van der Waals surface area contributed by atoms with E-state index in [0.717, 1.165) is 24.5 Å². The molecule has 0 amide bonds. The van der Waals surface area contributed by atoms with Crippen molar-refractivity contribution < 1.29 is 21.2 Å². The Morgan fingerprint density at radius 2 is 1.82 bits per heavy atom. The third kappa shape index (κ3) is 4.17. The van der Waals surface area contributed by atoms with Crippen LogP contribution in [0.3, 0.4) is 0 Å². The molecule has 1 aliphatic rings. The fourth-order valence-electron chi connectivity index (χ4n) is 2.24. The van der Waals surface area contributed by atoms with E-state index in [1.165, 1.54) is 4.31 Å². The maximum absolute atomic E-state index is 13.1. The Labute approximate surface area is 134 Å². The van der Waals surface area contributed by atoms with Gasteiger partial charge in [-0.1, -0.05) is 11.6 Å². The van der Waals surface area contributed by atoms with E-state index in [1.54, 1.807) is 0 Å². The molecule has 1 fully saturated rings. The Hall–Kier alpha value is -0.740. The number of hydrogen-bond acceptors (Lipinski definition) is 4. The summed E-state index contributed by atoms with van der Waals surface area (Å²) in [5.41, 5.74) is 0. The Balaban J connectivity index is 2.06. The van der Waals surface area contributed by atoms with Gasteiger partial charge in [-0.25, -0.2) is 30.3 Å². The molecule has 124 valence electrons. The monoisotopic (exact) mass is 370 g/mol. The molecule has 0 atom stereocenters. The molecule has 2 rings (SSSR count). The van der Waals surface area contributed by atoms with Crippen LogP contribution in [0.2, 0.25) is 5.02 Å². The molecule has 1 aromatic carbocycles. The van der Waals surface area contributed by atoms with Gasteiger partial charge in [-0.05, 0) is 31.0 Å². The van der Waals surface area contributed by atoms with Gasteiger partial charge >= 0.3 is 0 Å². The largest absolute Gasteiger partial charge is 0.240 e. The SMILES string of the molecule is CS(=O)(=O)N1CCC(NS(=O)(=O)c2ccc(F)c(Cl)c2)CC1. The van der Waals surface area contributed by atoms with Crippen molar-refractivity contribution in [1.82, 2.24) is 9.03 Å². The van der Waals surface area contributed by atoms with E-state index in [2.05, 4.69) is 4.72 Å². The molecule has 22 heavy (non-hydrogen) atoms. The number of nitrogens with one attached hydrogen (secondary N) is 1. The molecular weight excluding hydrogens is 355 g/mol. The van der Waals surface area contributed by atoms with Crippen LogP contribution in [-0.2, 0) is 20.0 Å². The lowest BCUT2D eigenvalue weighted by Gasteiger charge is -2.30. The summed E-state index contributed by atoms with van der Waals surface area (Å²) in [6.45, 7) is 0.520. The van der Waals surface area contributed by atoms with Crippen molar-refractivity contribution in [2.75, 3.05) is 19.3 Å². The van der Waals surface area contributed by atoms with Gasteiger partial charge in [-0.2, -0.15) is 0 Å². The number of halogens is 2. The van der Waals surface area contributed by atoms with Crippen molar-refractivity contribution in [2.45, 2.75) is 23.8 Å². The van der Waals surface area contributed by atoms with Gasteiger partial charge in [0.25, 0.3) is 0 Å². The summed E-state index contributed by atoms with van der Waals surface area (Å²) >= 11 is 5.59. The molecule has 0 aromatic heterocycles. The highest BCUT2D eigenvalue weighted by atomic mass is 35.5. The Kier molecular flexibility index (Phi) is 5.13. The maximum atomic E-state index is 13.1. The standard InChI is InChI=1S/C12H16ClFN2O4S2/c1-21(17,18)16-6-4-9(5-7-16)15-22(19,20)10-2-3-12(14)11(13)8-10/h2-3,8-9,15H,4-7H2,1H3. The number of hydrogen-bond donors (Lipinski definition) is 1. The normalized spacial score (nSPS) is 18.5. The quantitative estimate of drug-likeness (QED) is 0.862. The van der Waals surface area contributed by atoms with Crippen LogP contribution in [0.25, 0.3) is 0 Å². The number of benzene rings is 1. The summed E-state index contributed by atoms with van der Waals surface area (Å²) in [5, 5.41) is -0.269. The fraction of sp³-hybridized carbons (Fsp3) is 0.500. The Morgan fingerprint density at radius 3 is 2.32 bits per heavy atom. The van der Waals surface area contributed by atoms with Crippen LogP contribution in [0.4, 0.5) is 4.39 Å². The van der Waals surface area contributed by atoms with E-state index in [4.69, 9.17) is 11.6 Å². The van der Waals surface area contributed by atoms with Crippen molar-refractivity contribution >= 4 is 31.6 Å². The van der Waals surface area contributed by atoms with Gasteiger partial charge < -0.3 is 0 Å². The van der Waals surface area contributed by atoms with Crippen LogP contribution in [0.1, 0.15) is 12.8 Å². The average molecular weight is 371 g/mol. The third-order valence-electron chi connectivity index (χ3n) is 3.45. The Bertz CT molecular complexity index is 759. The van der Waals surface area contributed by atoms with Crippen molar-refractivity contribution in [2.24, 2.45) is 0 Å². The fourth-order valence-corrected chi connectivity index (χ4v) is 4.69. The van der Waals surface area contributed by atoms with Crippen molar-refractivity contribution in [3.63, 3.8) is 0 Å². The minimum absolute atomic E-state index is 0.121. The van der Waals surface area contributed by atoms with Crippen LogP contribution in [0, 0.1) is 5.82 Å². The summed E-state index contributed by atoms with van der Waals surface area (Å²) < 4.78 is 64.2. The first-order chi connectivity index (χ1) is 10.1. The molecule has 0 unspecified atom stereocenters. The highest BCUT2D eigenvalue weighted by Gasteiger charge is 2.28. The first kappa shape index (κ1) is 17.6. The third-order valence-corrected chi connectivity index (χ3v) is 6.56. The summed E-state index contributed by atoms with van der Waals surface area (Å²) in [6.07, 6.45) is 1.88. The molecule has 0 radical (unpaired) electrons. The van der Waals surface area contributed by atoms with E-state index in [9.17, 15) is 21.2 Å². The second-order valence-corrected chi connectivity index (χ2v) is 9.24. The molecule has 1 aromatic rings. The number of nitrogens with zero attached hydrogens (tertiary/aromatic N) is 1. The van der Waals surface area contributed by atoms with E-state index in [0.29, 0.717) is 12.8 Å². The highest BCUT2D eigenvalue weighted by molar-refractivity contribution is 7.89. The number of rotatable bonds is 4. The van der Waals surface area contributed by atoms with E-state index < -0.39 is 25.9 Å². The van der Waals surface area contributed by atoms with Crippen LogP contribution in [0.5, 0.6) is 0 Å². The van der Waals surface area contributed by atoms with Gasteiger partial charge in [0.15, 0.2) is 0 Å². The minimum Gasteiger partial charge on any atom is -0.213 e. The molecule has 0 bridgehead atoms. The zero-order valence-corrected chi connectivity index (χ0v) is 14.2. The molecule has 1 heterocycles. The first-order valence-electron chi connectivity index (χ1n) is 6.52. The van der Waals surface area contributed by atoms with Gasteiger partial charge in [0, 0.05) is 19.1 Å². The number of piperidine rings is 1. The van der Waals surface area contributed by atoms with Crippen molar-refractivity contribution in [3.8, 4) is 0 Å². The van der Waals surface area contributed by atoms with Crippen LogP contribution in [-0.4, -0.2) is 46.5 Å². The van der Waals surface area contributed by atoms with Gasteiger partial charge in [0.1, 0.15) is 5.82 Å². The zero-order valence-electron chi connectivity index (χ0n) is 11.8. The predicted octanol–water partition coefficient (Wildman–Crippen LogP) is 1.18. The summed E-state index contributed by atoms with van der Waals surface area (Å²) in [4.78, 5) is -0.121. The molecule has 1 aliphatic heterocycles. The summed E-state index contributed by atoms with van der Waals surface area (Å²) in [5.74, 6) is -0.693. The average Bonchev–Trinajstić information content (AvgIpc) is 2.41. The van der Waals surface area contributed by atoms with E-state index in [-0.39, 0.29) is 29.0 Å². The maximum Gasteiger partial charge on any atom is 0.240 e. The lowest BCUT2D eigenvalue weighted by atomic mass is 10.1. The molecule has 10 heteroatoms. The Morgan fingerprint density at radius 1 is 1.23 bits per heavy atom. The zero-order chi connectivity index (χ0) is 16.5. The number of sulfonamides is 2. The molecule has 0 spiro atoms. The topological polar surface area (TPSA) is 83.6 Å². The smallest absolute Gasteiger partial charge is 0.213 e. The predicted molar refractivity (Wildman–Crippen MR) is 81.2 cm³/mol. The second-order valence-electron chi connectivity index (χ2n) is 5.13. The molecular formula is C12H16ClFN2O4S2.